The van der Waals surface area contributed by atoms with Gasteiger partial charge in [0, 0.05) is 17.1 Å². The zero-order chi connectivity index (χ0) is 27.6. The van der Waals surface area contributed by atoms with E-state index in [1.165, 1.54) is 11.0 Å². The molecule has 0 saturated carbocycles. The van der Waals surface area contributed by atoms with Gasteiger partial charge in [0.25, 0.3) is 5.91 Å². The van der Waals surface area contributed by atoms with E-state index in [1.807, 2.05) is 13.8 Å². The number of fused-ring (bicyclic) bond motifs is 3. The molecule has 0 aliphatic heterocycles. The number of nitrogens with zero attached hydrogens (tertiary/aromatic N) is 2. The van der Waals surface area contributed by atoms with Crippen LogP contribution in [0.1, 0.15) is 48.7 Å². The van der Waals surface area contributed by atoms with Crippen molar-refractivity contribution in [3.8, 4) is 5.75 Å². The second-order valence-corrected chi connectivity index (χ2v) is 10.3. The van der Waals surface area contributed by atoms with E-state index in [-0.39, 0.29) is 35.8 Å². The lowest BCUT2D eigenvalue weighted by Gasteiger charge is -2.50. The maximum atomic E-state index is 13.7. The van der Waals surface area contributed by atoms with Crippen molar-refractivity contribution in [2.45, 2.75) is 51.4 Å². The van der Waals surface area contributed by atoms with Gasteiger partial charge in [-0.2, -0.15) is 0 Å². The molecule has 198 valence electrons. The number of ketones is 2. The number of oxime groups is 1. The minimum absolute atomic E-state index is 0.0134. The molecule has 4 atom stereocenters. The Bertz CT molecular complexity index is 1310. The zero-order valence-electron chi connectivity index (χ0n) is 21.3. The standard InChI is InChI=1S/C26H31N3O8/c1-10(2)37-28-11(3)13-6-7-16(30)18-14(13)8-12-9-15-20(29(4)5)22(32)19(25(27)35)24(34)26(15,36)23(33)17(12)21(18)31/h6-7,10,12,15,20,30,32-33,36H,8-9H2,1-5H3,(H2,27,35)/b28-11-/t12-,15-,20-,26-/m0/s1. The summed E-state index contributed by atoms with van der Waals surface area (Å²) in [5.41, 5.74) is 3.10. The van der Waals surface area contributed by atoms with Gasteiger partial charge < -0.3 is 31.0 Å². The van der Waals surface area contributed by atoms with Crippen molar-refractivity contribution in [1.29, 1.82) is 0 Å². The number of primary amides is 1. The van der Waals surface area contributed by atoms with E-state index in [2.05, 4.69) is 5.16 Å². The number of hydrogen-bond acceptors (Lipinski definition) is 10. The van der Waals surface area contributed by atoms with Crippen LogP contribution in [0.5, 0.6) is 5.75 Å². The smallest absolute Gasteiger partial charge is 0.255 e. The van der Waals surface area contributed by atoms with Crippen LogP contribution in [0.3, 0.4) is 0 Å². The van der Waals surface area contributed by atoms with Gasteiger partial charge in [0.1, 0.15) is 28.9 Å². The van der Waals surface area contributed by atoms with E-state index in [0.29, 0.717) is 16.8 Å². The second-order valence-electron chi connectivity index (χ2n) is 10.3. The number of carbonyl (C=O) groups excluding carboxylic acids is 3. The molecule has 4 rings (SSSR count). The van der Waals surface area contributed by atoms with Gasteiger partial charge in [0.15, 0.2) is 11.4 Å². The Morgan fingerprint density at radius 1 is 1.22 bits per heavy atom. The van der Waals surface area contributed by atoms with Crippen LogP contribution >= 0.6 is 0 Å². The molecule has 37 heavy (non-hydrogen) atoms. The Morgan fingerprint density at radius 3 is 2.43 bits per heavy atom. The molecule has 1 aromatic carbocycles. The molecule has 0 radical (unpaired) electrons. The zero-order valence-corrected chi connectivity index (χ0v) is 21.3. The highest BCUT2D eigenvalue weighted by Gasteiger charge is 2.63. The number of rotatable bonds is 5. The number of allylic oxidation sites excluding steroid dienone is 1. The van der Waals surface area contributed by atoms with Crippen molar-refractivity contribution in [1.82, 2.24) is 4.90 Å². The first-order chi connectivity index (χ1) is 17.2. The Labute approximate surface area is 213 Å². The van der Waals surface area contributed by atoms with E-state index >= 15 is 0 Å². The summed E-state index contributed by atoms with van der Waals surface area (Å²) in [6.07, 6.45) is 0.0108. The van der Waals surface area contributed by atoms with Crippen molar-refractivity contribution < 1.29 is 39.6 Å². The number of aliphatic hydroxyl groups excluding tert-OH is 2. The number of likely N-dealkylation sites (N-methyl/N-ethyl adjacent to an activating group) is 1. The number of aliphatic hydroxyl groups is 3. The van der Waals surface area contributed by atoms with Crippen molar-refractivity contribution in [2.24, 2.45) is 22.7 Å². The molecular formula is C26H31N3O8. The largest absolute Gasteiger partial charge is 0.510 e. The monoisotopic (exact) mass is 513 g/mol. The SMILES string of the molecule is C/C(=N/OC(C)C)c1ccc(O)c2c1C[C@H]1C[C@H]3[C@H](N(C)C)C(O)=C(C(N)=O)C(=O)[C@@]3(O)C(O)=C1C2=O. The average Bonchev–Trinajstić information content (AvgIpc) is 2.79. The van der Waals surface area contributed by atoms with Crippen LogP contribution in [-0.4, -0.2) is 80.4 Å². The lowest BCUT2D eigenvalue weighted by atomic mass is 9.58. The van der Waals surface area contributed by atoms with Gasteiger partial charge in [0.2, 0.25) is 5.78 Å². The van der Waals surface area contributed by atoms with Crippen LogP contribution in [0.15, 0.2) is 40.0 Å². The van der Waals surface area contributed by atoms with Gasteiger partial charge in [-0.3, -0.25) is 19.3 Å². The fourth-order valence-electron chi connectivity index (χ4n) is 5.82. The molecule has 0 aromatic heterocycles. The van der Waals surface area contributed by atoms with E-state index < -0.39 is 58.0 Å². The molecule has 0 fully saturated rings. The Balaban J connectivity index is 1.92. The number of nitrogens with two attached hydrogens (primary N) is 1. The van der Waals surface area contributed by atoms with Crippen LogP contribution < -0.4 is 5.73 Å². The van der Waals surface area contributed by atoms with Gasteiger partial charge in [0.05, 0.1) is 17.3 Å². The average molecular weight is 514 g/mol. The van der Waals surface area contributed by atoms with Gasteiger partial charge in [-0.15, -0.1) is 0 Å². The lowest BCUT2D eigenvalue weighted by Crippen LogP contribution is -2.63. The summed E-state index contributed by atoms with van der Waals surface area (Å²) < 4.78 is 0. The fourth-order valence-corrected chi connectivity index (χ4v) is 5.82. The molecule has 11 heteroatoms. The number of Topliss-reactive ketones (excluding diaryl/α,β-unsaturated/α-hetero) is 2. The Morgan fingerprint density at radius 2 is 1.86 bits per heavy atom. The third-order valence-corrected chi connectivity index (χ3v) is 7.40. The fraction of sp³-hybridized carbons (Fsp3) is 0.462. The third-order valence-electron chi connectivity index (χ3n) is 7.40. The Kier molecular flexibility index (Phi) is 6.41. The van der Waals surface area contributed by atoms with E-state index in [0.717, 1.165) is 0 Å². The number of benzene rings is 1. The minimum Gasteiger partial charge on any atom is -0.510 e. The highest BCUT2D eigenvalue weighted by molar-refractivity contribution is 6.25. The summed E-state index contributed by atoms with van der Waals surface area (Å²) in [5.74, 6) is -6.86. The molecule has 0 spiro atoms. The molecule has 1 aromatic rings. The summed E-state index contributed by atoms with van der Waals surface area (Å²) in [6, 6.07) is 1.91. The maximum absolute atomic E-state index is 13.7. The summed E-state index contributed by atoms with van der Waals surface area (Å²) in [5, 5.41) is 48.5. The summed E-state index contributed by atoms with van der Waals surface area (Å²) in [6.45, 7) is 5.34. The highest BCUT2D eigenvalue weighted by Crippen LogP contribution is 2.52. The van der Waals surface area contributed by atoms with Crippen LogP contribution in [0, 0.1) is 11.8 Å². The van der Waals surface area contributed by atoms with Gasteiger partial charge in [-0.25, -0.2) is 0 Å². The Hall–Kier alpha value is -3.70. The van der Waals surface area contributed by atoms with Gasteiger partial charge in [-0.05, 0) is 71.3 Å². The summed E-state index contributed by atoms with van der Waals surface area (Å²) in [4.78, 5) is 45.9. The number of hydrogen-bond donors (Lipinski definition) is 5. The first-order valence-electron chi connectivity index (χ1n) is 11.9. The molecule has 0 saturated heterocycles. The summed E-state index contributed by atoms with van der Waals surface area (Å²) >= 11 is 0. The molecule has 1 amide bonds. The molecule has 11 nitrogen and oxygen atoms in total. The number of amides is 1. The van der Waals surface area contributed by atoms with Crippen molar-refractivity contribution in [3.63, 3.8) is 0 Å². The molecule has 0 unspecified atom stereocenters. The maximum Gasteiger partial charge on any atom is 0.255 e. The summed E-state index contributed by atoms with van der Waals surface area (Å²) in [7, 11) is 3.16. The first-order valence-corrected chi connectivity index (χ1v) is 11.9. The number of carbonyl (C=O) groups is 3. The molecule has 6 N–H and O–H groups in total. The van der Waals surface area contributed by atoms with Gasteiger partial charge >= 0.3 is 0 Å². The molecule has 3 aliphatic carbocycles. The normalized spacial score (nSPS) is 27.9. The van der Waals surface area contributed by atoms with Crippen LogP contribution in [-0.2, 0) is 20.8 Å². The topological polar surface area (TPSA) is 183 Å². The van der Waals surface area contributed by atoms with Crippen LogP contribution in [0.25, 0.3) is 0 Å². The van der Waals surface area contributed by atoms with Crippen molar-refractivity contribution in [3.05, 3.63) is 51.5 Å². The van der Waals surface area contributed by atoms with Crippen molar-refractivity contribution in [2.75, 3.05) is 14.1 Å². The quantitative estimate of drug-likeness (QED) is 0.220. The molecule has 0 heterocycles. The highest BCUT2D eigenvalue weighted by atomic mass is 16.6. The van der Waals surface area contributed by atoms with Gasteiger partial charge in [-0.1, -0.05) is 5.16 Å². The predicted octanol–water partition coefficient (Wildman–Crippen LogP) is 1.27. The third kappa shape index (κ3) is 3.80. The van der Waals surface area contributed by atoms with Crippen LogP contribution in [0.2, 0.25) is 0 Å². The minimum atomic E-state index is -2.67. The number of phenolic OH excluding ortho intramolecular Hbond substituents is 1. The molecule has 3 aliphatic rings. The van der Waals surface area contributed by atoms with E-state index in [1.54, 1.807) is 27.1 Å². The van der Waals surface area contributed by atoms with Crippen molar-refractivity contribution >= 4 is 23.2 Å². The molecular weight excluding hydrogens is 482 g/mol. The van der Waals surface area contributed by atoms with E-state index in [4.69, 9.17) is 10.6 Å². The molecule has 0 bridgehead atoms. The van der Waals surface area contributed by atoms with Crippen LogP contribution in [0.4, 0.5) is 0 Å². The predicted molar refractivity (Wildman–Crippen MR) is 132 cm³/mol. The number of aromatic hydroxyl groups is 1. The second kappa shape index (κ2) is 9.00. The first kappa shape index (κ1) is 26.4. The number of phenols is 1. The lowest BCUT2D eigenvalue weighted by molar-refractivity contribution is -0.148. The van der Waals surface area contributed by atoms with E-state index in [9.17, 15) is 34.8 Å².